The van der Waals surface area contributed by atoms with Crippen molar-refractivity contribution in [1.29, 1.82) is 0 Å². The number of amides is 1. The van der Waals surface area contributed by atoms with Crippen LogP contribution in [0.25, 0.3) is 0 Å². The molecule has 0 atom stereocenters. The summed E-state index contributed by atoms with van der Waals surface area (Å²) in [6.07, 6.45) is 5.59. The second-order valence-corrected chi connectivity index (χ2v) is 7.48. The lowest BCUT2D eigenvalue weighted by atomic mass is 10.1. The normalized spacial score (nSPS) is 13.4. The van der Waals surface area contributed by atoms with E-state index in [1.807, 2.05) is 38.1 Å². The Morgan fingerprint density at radius 2 is 1.59 bits per heavy atom. The maximum atomic E-state index is 12.4. The summed E-state index contributed by atoms with van der Waals surface area (Å²) < 4.78 is 0. The molecule has 29 heavy (non-hydrogen) atoms. The number of anilines is 4. The van der Waals surface area contributed by atoms with E-state index >= 15 is 0 Å². The first-order valence-electron chi connectivity index (χ1n) is 9.90. The lowest BCUT2D eigenvalue weighted by molar-refractivity contribution is 0.102. The van der Waals surface area contributed by atoms with Crippen LogP contribution in [0.4, 0.5) is 22.9 Å². The van der Waals surface area contributed by atoms with E-state index in [-0.39, 0.29) is 11.6 Å². The van der Waals surface area contributed by atoms with Gasteiger partial charge in [-0.25, -0.2) is 9.97 Å². The summed E-state index contributed by atoms with van der Waals surface area (Å²) in [5.41, 5.74) is 5.42. The summed E-state index contributed by atoms with van der Waals surface area (Å²) >= 11 is 0. The second-order valence-electron chi connectivity index (χ2n) is 7.48. The number of nitrogens with zero attached hydrogens (tertiary/aromatic N) is 3. The first-order chi connectivity index (χ1) is 14.1. The Bertz CT molecular complexity index is 973. The standard InChI is InChI=1S/C23H25N5O/c1-16-11-17(2)13-19(12-16)27-23(29)21-14-25-22(15-24-21)26-18-5-7-20(8-6-18)28-9-3-4-10-28/h5-8,11-15H,3-4,9-10H2,1-2H3,(H,25,26)(H,27,29). The van der Waals surface area contributed by atoms with Crippen molar-refractivity contribution < 1.29 is 4.79 Å². The van der Waals surface area contributed by atoms with Crippen molar-refractivity contribution >= 4 is 28.8 Å². The zero-order valence-corrected chi connectivity index (χ0v) is 16.8. The van der Waals surface area contributed by atoms with Crippen molar-refractivity contribution in [2.75, 3.05) is 28.6 Å². The fourth-order valence-electron chi connectivity index (χ4n) is 3.63. The highest BCUT2D eigenvalue weighted by Crippen LogP contribution is 2.23. The molecule has 4 rings (SSSR count). The van der Waals surface area contributed by atoms with Crippen molar-refractivity contribution in [3.05, 3.63) is 71.7 Å². The first-order valence-corrected chi connectivity index (χ1v) is 9.90. The molecule has 1 aliphatic heterocycles. The summed E-state index contributed by atoms with van der Waals surface area (Å²) in [6.45, 7) is 6.26. The molecule has 1 aromatic heterocycles. The van der Waals surface area contributed by atoms with Crippen molar-refractivity contribution in [2.45, 2.75) is 26.7 Å². The summed E-state index contributed by atoms with van der Waals surface area (Å²) in [5.74, 6) is 0.325. The van der Waals surface area contributed by atoms with Gasteiger partial charge < -0.3 is 15.5 Å². The molecule has 1 aliphatic rings. The predicted molar refractivity (Wildman–Crippen MR) is 117 cm³/mol. The van der Waals surface area contributed by atoms with Gasteiger partial charge in [0.2, 0.25) is 0 Å². The minimum Gasteiger partial charge on any atom is -0.372 e. The van der Waals surface area contributed by atoms with Gasteiger partial charge in [0.05, 0.1) is 12.4 Å². The number of aryl methyl sites for hydroxylation is 2. The van der Waals surface area contributed by atoms with Gasteiger partial charge >= 0.3 is 0 Å². The lowest BCUT2D eigenvalue weighted by Gasteiger charge is -2.17. The van der Waals surface area contributed by atoms with Gasteiger partial charge in [0, 0.05) is 30.2 Å². The topological polar surface area (TPSA) is 70.2 Å². The highest BCUT2D eigenvalue weighted by Gasteiger charge is 2.12. The van der Waals surface area contributed by atoms with Crippen LogP contribution in [0.1, 0.15) is 34.5 Å². The predicted octanol–water partition coefficient (Wildman–Crippen LogP) is 4.69. The highest BCUT2D eigenvalue weighted by molar-refractivity contribution is 6.02. The zero-order valence-electron chi connectivity index (χ0n) is 16.8. The number of rotatable bonds is 5. The highest BCUT2D eigenvalue weighted by atomic mass is 16.1. The van der Waals surface area contributed by atoms with Crippen molar-refractivity contribution in [1.82, 2.24) is 9.97 Å². The molecule has 0 aliphatic carbocycles. The molecule has 0 unspecified atom stereocenters. The largest absolute Gasteiger partial charge is 0.372 e. The molecule has 3 aromatic rings. The number of nitrogens with one attached hydrogen (secondary N) is 2. The minimum atomic E-state index is -0.274. The summed E-state index contributed by atoms with van der Waals surface area (Å²) in [7, 11) is 0. The van der Waals surface area contributed by atoms with Crippen LogP contribution >= 0.6 is 0 Å². The average molecular weight is 387 g/mol. The Balaban J connectivity index is 1.39. The summed E-state index contributed by atoms with van der Waals surface area (Å²) in [5, 5.41) is 6.10. The molecule has 2 N–H and O–H groups in total. The molecule has 148 valence electrons. The molecular formula is C23H25N5O. The third kappa shape index (κ3) is 4.71. The van der Waals surface area contributed by atoms with Gasteiger partial charge in [0.15, 0.2) is 0 Å². The van der Waals surface area contributed by atoms with Crippen LogP contribution in [0.15, 0.2) is 54.9 Å². The van der Waals surface area contributed by atoms with E-state index in [1.54, 1.807) is 6.20 Å². The first kappa shape index (κ1) is 18.9. The van der Waals surface area contributed by atoms with Crippen LogP contribution in [-0.4, -0.2) is 29.0 Å². The van der Waals surface area contributed by atoms with Gasteiger partial charge in [-0.1, -0.05) is 6.07 Å². The molecular weight excluding hydrogens is 362 g/mol. The molecule has 0 bridgehead atoms. The SMILES string of the molecule is Cc1cc(C)cc(NC(=O)c2cnc(Nc3ccc(N4CCCC4)cc3)cn2)c1. The van der Waals surface area contributed by atoms with E-state index in [0.717, 1.165) is 35.6 Å². The van der Waals surface area contributed by atoms with E-state index in [9.17, 15) is 4.79 Å². The number of aromatic nitrogens is 2. The Kier molecular flexibility index (Phi) is 5.42. The maximum Gasteiger partial charge on any atom is 0.275 e. The third-order valence-corrected chi connectivity index (χ3v) is 4.97. The van der Waals surface area contributed by atoms with Gasteiger partial charge in [0.25, 0.3) is 5.91 Å². The van der Waals surface area contributed by atoms with Gasteiger partial charge in [0.1, 0.15) is 11.5 Å². The minimum absolute atomic E-state index is 0.274. The van der Waals surface area contributed by atoms with Crippen LogP contribution in [0, 0.1) is 13.8 Å². The van der Waals surface area contributed by atoms with Crippen molar-refractivity contribution in [3.8, 4) is 0 Å². The van der Waals surface area contributed by atoms with E-state index < -0.39 is 0 Å². The quantitative estimate of drug-likeness (QED) is 0.665. The smallest absolute Gasteiger partial charge is 0.275 e. The lowest BCUT2D eigenvalue weighted by Crippen LogP contribution is -2.17. The molecule has 1 amide bonds. The molecule has 0 spiro atoms. The average Bonchev–Trinajstić information content (AvgIpc) is 3.23. The maximum absolute atomic E-state index is 12.4. The number of benzene rings is 2. The fraction of sp³-hybridized carbons (Fsp3) is 0.261. The molecule has 6 nitrogen and oxygen atoms in total. The Hall–Kier alpha value is -3.41. The molecule has 6 heteroatoms. The molecule has 0 saturated carbocycles. The molecule has 1 saturated heterocycles. The van der Waals surface area contributed by atoms with Crippen molar-refractivity contribution in [2.24, 2.45) is 0 Å². The van der Waals surface area contributed by atoms with Gasteiger partial charge in [-0.3, -0.25) is 4.79 Å². The number of hydrogen-bond acceptors (Lipinski definition) is 5. The summed E-state index contributed by atoms with van der Waals surface area (Å²) in [6, 6.07) is 14.2. The second kappa shape index (κ2) is 8.31. The fourth-order valence-corrected chi connectivity index (χ4v) is 3.63. The molecule has 1 fully saturated rings. The van der Waals surface area contributed by atoms with Gasteiger partial charge in [-0.05, 0) is 74.2 Å². The van der Waals surface area contributed by atoms with Crippen LogP contribution in [0.2, 0.25) is 0 Å². The van der Waals surface area contributed by atoms with E-state index in [4.69, 9.17) is 0 Å². The monoisotopic (exact) mass is 387 g/mol. The van der Waals surface area contributed by atoms with E-state index in [2.05, 4.69) is 43.7 Å². The van der Waals surface area contributed by atoms with Crippen LogP contribution in [0.3, 0.4) is 0 Å². The molecule has 2 heterocycles. The van der Waals surface area contributed by atoms with Gasteiger partial charge in [-0.15, -0.1) is 0 Å². The Morgan fingerprint density at radius 1 is 0.897 bits per heavy atom. The van der Waals surface area contributed by atoms with Gasteiger partial charge in [-0.2, -0.15) is 0 Å². The molecule has 2 aromatic carbocycles. The summed E-state index contributed by atoms with van der Waals surface area (Å²) in [4.78, 5) is 23.4. The van der Waals surface area contributed by atoms with Crippen LogP contribution < -0.4 is 15.5 Å². The number of hydrogen-bond donors (Lipinski definition) is 2. The van der Waals surface area contributed by atoms with Crippen LogP contribution in [-0.2, 0) is 0 Å². The molecule has 0 radical (unpaired) electrons. The van der Waals surface area contributed by atoms with E-state index in [0.29, 0.717) is 5.82 Å². The van der Waals surface area contributed by atoms with Crippen LogP contribution in [0.5, 0.6) is 0 Å². The Morgan fingerprint density at radius 3 is 2.21 bits per heavy atom. The van der Waals surface area contributed by atoms with Crippen molar-refractivity contribution in [3.63, 3.8) is 0 Å². The third-order valence-electron chi connectivity index (χ3n) is 4.97. The number of carbonyl (C=O) groups is 1. The zero-order chi connectivity index (χ0) is 20.2. The van der Waals surface area contributed by atoms with E-state index in [1.165, 1.54) is 24.7 Å². The Labute approximate surface area is 171 Å². The number of carbonyl (C=O) groups excluding carboxylic acids is 1.